The SMILES string of the molecule is Cc1ccc(S(=O)(=O)N2CCN(Cc3ccc(Br)cc3)CC2)cc1. The highest BCUT2D eigenvalue weighted by Gasteiger charge is 2.28. The largest absolute Gasteiger partial charge is 0.296 e. The van der Waals surface area contributed by atoms with Crippen LogP contribution in [0.1, 0.15) is 11.1 Å². The summed E-state index contributed by atoms with van der Waals surface area (Å²) in [7, 11) is -3.38. The molecule has 0 unspecified atom stereocenters. The van der Waals surface area contributed by atoms with E-state index in [-0.39, 0.29) is 0 Å². The third-order valence-electron chi connectivity index (χ3n) is 4.31. The lowest BCUT2D eigenvalue weighted by molar-refractivity contribution is 0.181. The Hall–Kier alpha value is -1.21. The fourth-order valence-electron chi connectivity index (χ4n) is 2.84. The molecular formula is C18H21BrN2O2S. The summed E-state index contributed by atoms with van der Waals surface area (Å²) >= 11 is 3.44. The Morgan fingerprint density at radius 1 is 0.917 bits per heavy atom. The Balaban J connectivity index is 1.62. The Bertz CT molecular complexity index is 781. The van der Waals surface area contributed by atoms with E-state index in [1.165, 1.54) is 5.56 Å². The highest BCUT2D eigenvalue weighted by Crippen LogP contribution is 2.19. The lowest BCUT2D eigenvalue weighted by atomic mass is 10.2. The number of piperazine rings is 1. The summed E-state index contributed by atoms with van der Waals surface area (Å²) in [5.41, 5.74) is 2.31. The number of nitrogens with zero attached hydrogens (tertiary/aromatic N) is 2. The fourth-order valence-corrected chi connectivity index (χ4v) is 4.52. The third-order valence-corrected chi connectivity index (χ3v) is 6.75. The van der Waals surface area contributed by atoms with Crippen LogP contribution in [-0.2, 0) is 16.6 Å². The average Bonchev–Trinajstić information content (AvgIpc) is 2.58. The number of hydrogen-bond donors (Lipinski definition) is 0. The first-order chi connectivity index (χ1) is 11.4. The second-order valence-corrected chi connectivity index (χ2v) is 8.97. The van der Waals surface area contributed by atoms with Crippen LogP contribution in [0.25, 0.3) is 0 Å². The fraction of sp³-hybridized carbons (Fsp3) is 0.333. The molecule has 0 atom stereocenters. The lowest BCUT2D eigenvalue weighted by Crippen LogP contribution is -2.48. The summed E-state index contributed by atoms with van der Waals surface area (Å²) in [5.74, 6) is 0. The van der Waals surface area contributed by atoms with Gasteiger partial charge in [-0.05, 0) is 36.8 Å². The first-order valence-electron chi connectivity index (χ1n) is 7.99. The van der Waals surface area contributed by atoms with Gasteiger partial charge >= 0.3 is 0 Å². The van der Waals surface area contributed by atoms with E-state index >= 15 is 0 Å². The van der Waals surface area contributed by atoms with Crippen molar-refractivity contribution in [2.45, 2.75) is 18.4 Å². The minimum absolute atomic E-state index is 0.384. The normalized spacial score (nSPS) is 17.1. The highest BCUT2D eigenvalue weighted by molar-refractivity contribution is 9.10. The van der Waals surface area contributed by atoms with Crippen molar-refractivity contribution in [1.82, 2.24) is 9.21 Å². The van der Waals surface area contributed by atoms with Gasteiger partial charge in [0.25, 0.3) is 0 Å². The molecule has 0 amide bonds. The summed E-state index contributed by atoms with van der Waals surface area (Å²) < 4.78 is 28.1. The minimum Gasteiger partial charge on any atom is -0.296 e. The smallest absolute Gasteiger partial charge is 0.243 e. The van der Waals surface area contributed by atoms with Gasteiger partial charge < -0.3 is 0 Å². The molecule has 1 heterocycles. The number of rotatable bonds is 4. The number of halogens is 1. The second-order valence-electron chi connectivity index (χ2n) is 6.12. The van der Waals surface area contributed by atoms with E-state index in [2.05, 4.69) is 33.0 Å². The Labute approximate surface area is 152 Å². The lowest BCUT2D eigenvalue weighted by Gasteiger charge is -2.34. The van der Waals surface area contributed by atoms with Crippen LogP contribution >= 0.6 is 15.9 Å². The summed E-state index contributed by atoms with van der Waals surface area (Å²) in [5, 5.41) is 0. The van der Waals surface area contributed by atoms with Crippen molar-refractivity contribution >= 4 is 26.0 Å². The molecule has 128 valence electrons. The average molecular weight is 409 g/mol. The van der Waals surface area contributed by atoms with Gasteiger partial charge in [0, 0.05) is 37.2 Å². The van der Waals surface area contributed by atoms with Crippen LogP contribution in [0.5, 0.6) is 0 Å². The van der Waals surface area contributed by atoms with E-state index in [0.717, 1.165) is 29.7 Å². The summed E-state index contributed by atoms with van der Waals surface area (Å²) in [6, 6.07) is 15.3. The monoisotopic (exact) mass is 408 g/mol. The van der Waals surface area contributed by atoms with E-state index in [0.29, 0.717) is 18.0 Å². The van der Waals surface area contributed by atoms with Crippen LogP contribution in [0.2, 0.25) is 0 Å². The molecule has 0 spiro atoms. The van der Waals surface area contributed by atoms with E-state index < -0.39 is 10.0 Å². The molecule has 6 heteroatoms. The molecule has 0 aliphatic carbocycles. The van der Waals surface area contributed by atoms with Crippen molar-refractivity contribution in [2.75, 3.05) is 26.2 Å². The zero-order chi connectivity index (χ0) is 17.2. The molecule has 4 nitrogen and oxygen atoms in total. The number of aryl methyl sites for hydroxylation is 1. The zero-order valence-corrected chi connectivity index (χ0v) is 16.1. The van der Waals surface area contributed by atoms with Gasteiger partial charge in [-0.2, -0.15) is 4.31 Å². The summed E-state index contributed by atoms with van der Waals surface area (Å²) in [6.45, 7) is 5.38. The number of sulfonamides is 1. The van der Waals surface area contributed by atoms with Crippen molar-refractivity contribution < 1.29 is 8.42 Å². The first-order valence-corrected chi connectivity index (χ1v) is 10.2. The van der Waals surface area contributed by atoms with Gasteiger partial charge in [0.05, 0.1) is 4.90 Å². The number of benzene rings is 2. The molecule has 1 fully saturated rings. The Kier molecular flexibility index (Phi) is 5.39. The zero-order valence-electron chi connectivity index (χ0n) is 13.7. The van der Waals surface area contributed by atoms with Gasteiger partial charge in [0.15, 0.2) is 0 Å². The van der Waals surface area contributed by atoms with Crippen molar-refractivity contribution in [1.29, 1.82) is 0 Å². The van der Waals surface area contributed by atoms with Crippen LogP contribution < -0.4 is 0 Å². The molecule has 0 aromatic heterocycles. The highest BCUT2D eigenvalue weighted by atomic mass is 79.9. The van der Waals surface area contributed by atoms with Crippen molar-refractivity contribution in [3.63, 3.8) is 0 Å². The third kappa shape index (κ3) is 4.06. The molecule has 0 bridgehead atoms. The molecule has 2 aromatic rings. The van der Waals surface area contributed by atoms with Gasteiger partial charge in [0.2, 0.25) is 10.0 Å². The molecule has 1 aliphatic rings. The van der Waals surface area contributed by atoms with Gasteiger partial charge in [-0.15, -0.1) is 0 Å². The van der Waals surface area contributed by atoms with Crippen molar-refractivity contribution in [3.8, 4) is 0 Å². The summed E-state index contributed by atoms with van der Waals surface area (Å²) in [4.78, 5) is 2.68. The van der Waals surface area contributed by atoms with Crippen LogP contribution in [0, 0.1) is 6.92 Å². The molecule has 2 aromatic carbocycles. The Morgan fingerprint density at radius 2 is 1.50 bits per heavy atom. The van der Waals surface area contributed by atoms with E-state index in [1.807, 2.05) is 31.2 Å². The predicted octanol–water partition coefficient (Wildman–Crippen LogP) is 3.26. The van der Waals surface area contributed by atoms with E-state index in [4.69, 9.17) is 0 Å². The van der Waals surface area contributed by atoms with Crippen molar-refractivity contribution in [2.24, 2.45) is 0 Å². The van der Waals surface area contributed by atoms with Crippen LogP contribution in [0.15, 0.2) is 57.9 Å². The minimum atomic E-state index is -3.38. The molecule has 3 rings (SSSR count). The molecule has 0 saturated carbocycles. The van der Waals surface area contributed by atoms with Gasteiger partial charge in [0.1, 0.15) is 0 Å². The van der Waals surface area contributed by atoms with Crippen LogP contribution in [0.3, 0.4) is 0 Å². The second kappa shape index (κ2) is 7.35. The van der Waals surface area contributed by atoms with Crippen LogP contribution in [-0.4, -0.2) is 43.8 Å². The maximum atomic E-state index is 12.7. The predicted molar refractivity (Wildman–Crippen MR) is 99.4 cm³/mol. The molecule has 24 heavy (non-hydrogen) atoms. The van der Waals surface area contributed by atoms with Gasteiger partial charge in [-0.1, -0.05) is 45.8 Å². The van der Waals surface area contributed by atoms with Crippen molar-refractivity contribution in [3.05, 3.63) is 64.1 Å². The maximum Gasteiger partial charge on any atom is 0.243 e. The van der Waals surface area contributed by atoms with Gasteiger partial charge in [-0.25, -0.2) is 8.42 Å². The topological polar surface area (TPSA) is 40.6 Å². The quantitative estimate of drug-likeness (QED) is 0.779. The molecular weight excluding hydrogens is 388 g/mol. The summed E-state index contributed by atoms with van der Waals surface area (Å²) in [6.07, 6.45) is 0. The standard InChI is InChI=1S/C18H21BrN2O2S/c1-15-2-8-18(9-3-15)24(22,23)21-12-10-20(11-13-21)14-16-4-6-17(19)7-5-16/h2-9H,10-14H2,1H3. The molecule has 1 saturated heterocycles. The first kappa shape index (κ1) is 17.6. The Morgan fingerprint density at radius 3 is 2.08 bits per heavy atom. The molecule has 0 N–H and O–H groups in total. The van der Waals surface area contributed by atoms with E-state index in [1.54, 1.807) is 16.4 Å². The van der Waals surface area contributed by atoms with Crippen LogP contribution in [0.4, 0.5) is 0 Å². The number of hydrogen-bond acceptors (Lipinski definition) is 3. The maximum absolute atomic E-state index is 12.7. The molecule has 0 radical (unpaired) electrons. The molecule has 1 aliphatic heterocycles. The van der Waals surface area contributed by atoms with Gasteiger partial charge in [-0.3, -0.25) is 4.90 Å². The van der Waals surface area contributed by atoms with E-state index in [9.17, 15) is 8.42 Å².